The Morgan fingerprint density at radius 1 is 0.974 bits per heavy atom. The molecule has 2 aliphatic heterocycles. The molecule has 9 heteroatoms. The predicted octanol–water partition coefficient (Wildman–Crippen LogP) is 3.21. The van der Waals surface area contributed by atoms with Crippen molar-refractivity contribution in [3.8, 4) is 0 Å². The number of ether oxygens (including phenoxy) is 2. The number of carbonyl (C=O) groups excluding carboxylic acids is 3. The summed E-state index contributed by atoms with van der Waals surface area (Å²) in [6.07, 6.45) is 3.59. The van der Waals surface area contributed by atoms with E-state index in [1.807, 2.05) is 34.6 Å². The summed E-state index contributed by atoms with van der Waals surface area (Å²) in [4.78, 5) is 41.7. The fourth-order valence-corrected chi connectivity index (χ4v) is 6.68. The van der Waals surface area contributed by atoms with Gasteiger partial charge in [-0.2, -0.15) is 0 Å². The molecule has 3 aliphatic rings. The van der Waals surface area contributed by atoms with Gasteiger partial charge in [-0.3, -0.25) is 9.59 Å². The molecule has 1 aliphatic carbocycles. The zero-order valence-electron chi connectivity index (χ0n) is 24.7. The second-order valence-electron chi connectivity index (χ2n) is 13.1. The monoisotopic (exact) mass is 553 g/mol. The molecular weight excluding hydrogens is 502 g/mol. The van der Waals surface area contributed by atoms with Crippen LogP contribution >= 0.6 is 0 Å². The first-order valence-electron chi connectivity index (χ1n) is 15.1. The van der Waals surface area contributed by atoms with Gasteiger partial charge in [0.25, 0.3) is 11.7 Å². The zero-order valence-corrected chi connectivity index (χ0v) is 24.7. The van der Waals surface area contributed by atoms with Crippen LogP contribution < -0.4 is 0 Å². The number of carbonyl (C=O) groups is 3. The SMILES string of the molecule is CC(C)C1CC[C@@H](C)[C@](O)(C(=O)C(=O)N2CCCC[C@H]2C(=O)O[C@@H](C(C)C)[C@H](C)C[C@@H]2CC[C@@H](O)[C@H](O)C2)O1. The van der Waals surface area contributed by atoms with Crippen LogP contribution in [0, 0.1) is 29.6 Å². The highest BCUT2D eigenvalue weighted by atomic mass is 16.6. The molecule has 1 unspecified atom stereocenters. The molecule has 0 radical (unpaired) electrons. The number of hydrogen-bond donors (Lipinski definition) is 3. The minimum atomic E-state index is -2.21. The van der Waals surface area contributed by atoms with E-state index in [9.17, 15) is 29.7 Å². The Hall–Kier alpha value is -1.55. The van der Waals surface area contributed by atoms with Crippen LogP contribution in [0.3, 0.4) is 0 Å². The van der Waals surface area contributed by atoms with Crippen LogP contribution in [0.25, 0.3) is 0 Å². The number of likely N-dealkylation sites (tertiary alicyclic amines) is 1. The summed E-state index contributed by atoms with van der Waals surface area (Å²) in [5.74, 6) is -4.80. The van der Waals surface area contributed by atoms with Gasteiger partial charge in [0, 0.05) is 12.5 Å². The van der Waals surface area contributed by atoms with Crippen molar-refractivity contribution in [2.24, 2.45) is 29.6 Å². The first-order valence-corrected chi connectivity index (χ1v) is 15.1. The Bertz CT molecular complexity index is 862. The summed E-state index contributed by atoms with van der Waals surface area (Å²) >= 11 is 0. The van der Waals surface area contributed by atoms with Gasteiger partial charge in [-0.05, 0) is 81.5 Å². The van der Waals surface area contributed by atoms with Gasteiger partial charge in [-0.1, -0.05) is 41.5 Å². The van der Waals surface area contributed by atoms with E-state index in [2.05, 4.69) is 0 Å². The average Bonchev–Trinajstić information content (AvgIpc) is 2.89. The van der Waals surface area contributed by atoms with E-state index in [0.717, 1.165) is 19.3 Å². The number of ketones is 1. The number of piperidine rings is 1. The third-order valence-electron chi connectivity index (χ3n) is 9.25. The van der Waals surface area contributed by atoms with Crippen LogP contribution in [-0.2, 0) is 23.9 Å². The number of rotatable bonds is 9. The molecule has 0 spiro atoms. The lowest BCUT2D eigenvalue weighted by molar-refractivity contribution is -0.269. The highest BCUT2D eigenvalue weighted by Crippen LogP contribution is 2.37. The molecule has 0 aromatic heterocycles. The summed E-state index contributed by atoms with van der Waals surface area (Å²) in [6.45, 7) is 11.9. The fourth-order valence-electron chi connectivity index (χ4n) is 6.68. The molecule has 9 atom stereocenters. The molecule has 3 rings (SSSR count). The molecule has 39 heavy (non-hydrogen) atoms. The summed E-state index contributed by atoms with van der Waals surface area (Å²) in [5, 5.41) is 31.2. The Balaban J connectivity index is 1.70. The molecule has 3 N–H and O–H groups in total. The van der Waals surface area contributed by atoms with Gasteiger partial charge >= 0.3 is 5.97 Å². The molecule has 2 saturated heterocycles. The van der Waals surface area contributed by atoms with E-state index in [4.69, 9.17) is 9.47 Å². The highest BCUT2D eigenvalue weighted by molar-refractivity contribution is 6.39. The van der Waals surface area contributed by atoms with Gasteiger partial charge in [-0.25, -0.2) is 4.79 Å². The van der Waals surface area contributed by atoms with E-state index in [1.54, 1.807) is 6.92 Å². The van der Waals surface area contributed by atoms with Crippen molar-refractivity contribution < 1.29 is 39.2 Å². The molecular formula is C30H51NO8. The minimum Gasteiger partial charge on any atom is -0.460 e. The van der Waals surface area contributed by atoms with Gasteiger partial charge < -0.3 is 29.7 Å². The highest BCUT2D eigenvalue weighted by Gasteiger charge is 2.53. The third-order valence-corrected chi connectivity index (χ3v) is 9.25. The van der Waals surface area contributed by atoms with Crippen LogP contribution in [0.2, 0.25) is 0 Å². The average molecular weight is 554 g/mol. The molecule has 3 fully saturated rings. The Morgan fingerprint density at radius 3 is 2.28 bits per heavy atom. The minimum absolute atomic E-state index is 0.0148. The number of aliphatic hydroxyl groups is 3. The van der Waals surface area contributed by atoms with Gasteiger partial charge in [0.15, 0.2) is 0 Å². The predicted molar refractivity (Wildman–Crippen MR) is 145 cm³/mol. The fraction of sp³-hybridized carbons (Fsp3) is 0.900. The Kier molecular flexibility index (Phi) is 11.0. The maximum Gasteiger partial charge on any atom is 0.329 e. The smallest absolute Gasteiger partial charge is 0.329 e. The normalized spacial score (nSPS) is 35.5. The number of amides is 1. The number of aliphatic hydroxyl groups excluding tert-OH is 2. The van der Waals surface area contributed by atoms with Gasteiger partial charge in [-0.15, -0.1) is 0 Å². The molecule has 0 aromatic rings. The first kappa shape index (κ1) is 32.0. The zero-order chi connectivity index (χ0) is 29.1. The lowest BCUT2D eigenvalue weighted by atomic mass is 9.78. The second kappa shape index (κ2) is 13.4. The van der Waals surface area contributed by atoms with Gasteiger partial charge in [0.1, 0.15) is 12.1 Å². The van der Waals surface area contributed by atoms with Crippen molar-refractivity contribution in [2.75, 3.05) is 6.54 Å². The lowest BCUT2D eigenvalue weighted by Gasteiger charge is -2.43. The number of nitrogens with zero attached hydrogens (tertiary/aromatic N) is 1. The summed E-state index contributed by atoms with van der Waals surface area (Å²) in [5.41, 5.74) is 0. The van der Waals surface area contributed by atoms with Crippen LogP contribution in [-0.4, -0.2) is 80.7 Å². The van der Waals surface area contributed by atoms with Crippen LogP contribution in [0.1, 0.15) is 99.3 Å². The van der Waals surface area contributed by atoms with E-state index in [1.165, 1.54) is 4.90 Å². The summed E-state index contributed by atoms with van der Waals surface area (Å²) < 4.78 is 11.9. The van der Waals surface area contributed by atoms with Crippen LogP contribution in [0.5, 0.6) is 0 Å². The first-order chi connectivity index (χ1) is 18.3. The number of Topliss-reactive ketones (excluding diaryl/α,β-unsaturated/α-hetero) is 1. The van der Waals surface area contributed by atoms with Crippen LogP contribution in [0.4, 0.5) is 0 Å². The molecule has 1 amide bonds. The van der Waals surface area contributed by atoms with Crippen molar-refractivity contribution in [2.45, 2.75) is 136 Å². The topological polar surface area (TPSA) is 134 Å². The molecule has 224 valence electrons. The number of esters is 1. The summed E-state index contributed by atoms with van der Waals surface area (Å²) in [6, 6.07) is -0.890. The quantitative estimate of drug-likeness (QED) is 0.293. The third kappa shape index (κ3) is 7.40. The molecule has 9 nitrogen and oxygen atoms in total. The van der Waals surface area contributed by atoms with Gasteiger partial charge in [0.2, 0.25) is 5.79 Å². The van der Waals surface area contributed by atoms with Crippen molar-refractivity contribution in [1.29, 1.82) is 0 Å². The maximum absolute atomic E-state index is 13.5. The summed E-state index contributed by atoms with van der Waals surface area (Å²) in [7, 11) is 0. The Labute approximate surface area is 233 Å². The molecule has 2 heterocycles. The van der Waals surface area contributed by atoms with Crippen molar-refractivity contribution in [3.63, 3.8) is 0 Å². The van der Waals surface area contributed by atoms with E-state index in [0.29, 0.717) is 38.5 Å². The maximum atomic E-state index is 13.5. The van der Waals surface area contributed by atoms with E-state index < -0.39 is 53.7 Å². The number of hydrogen-bond acceptors (Lipinski definition) is 8. The lowest BCUT2D eigenvalue weighted by Crippen LogP contribution is -2.61. The van der Waals surface area contributed by atoms with E-state index >= 15 is 0 Å². The van der Waals surface area contributed by atoms with Crippen molar-refractivity contribution in [1.82, 2.24) is 4.90 Å². The largest absolute Gasteiger partial charge is 0.460 e. The Morgan fingerprint density at radius 2 is 1.67 bits per heavy atom. The van der Waals surface area contributed by atoms with Crippen LogP contribution in [0.15, 0.2) is 0 Å². The molecule has 0 bridgehead atoms. The second-order valence-corrected chi connectivity index (χ2v) is 13.1. The molecule has 0 aromatic carbocycles. The van der Waals surface area contributed by atoms with E-state index in [-0.39, 0.29) is 36.3 Å². The standard InChI is InChI=1S/C30H51NO8/c1-17(2)25-13-10-20(6)30(37,39-25)27(34)28(35)31-14-8-7-9-22(31)29(36)38-26(18(3)4)19(5)15-21-11-12-23(32)24(33)16-21/h17-26,32-33,37H,7-16H2,1-6H3/t19-,20-,21+,22+,23-,24-,25?,26+,30-/m1/s1. The van der Waals surface area contributed by atoms with Crippen molar-refractivity contribution in [3.05, 3.63) is 0 Å². The van der Waals surface area contributed by atoms with Gasteiger partial charge in [0.05, 0.1) is 18.3 Å². The van der Waals surface area contributed by atoms with Crippen molar-refractivity contribution >= 4 is 17.7 Å². The molecule has 1 saturated carbocycles.